The molecule has 2 atom stereocenters. The number of nitrogens with zero attached hydrogens (tertiary/aromatic N) is 6. The molecule has 2 aromatic heterocycles. The minimum atomic E-state index is -2.35. The van der Waals surface area contributed by atoms with Crippen molar-refractivity contribution in [2.45, 2.75) is 50.7 Å². The number of methoxy groups -OCH3 is 2. The summed E-state index contributed by atoms with van der Waals surface area (Å²) in [5.41, 5.74) is 13.8. The number of benzene rings is 2. The summed E-state index contributed by atoms with van der Waals surface area (Å²) < 4.78 is 35.8. The topological polar surface area (TPSA) is 164 Å². The van der Waals surface area contributed by atoms with Crippen molar-refractivity contribution >= 4 is 41.7 Å². The van der Waals surface area contributed by atoms with Gasteiger partial charge in [-0.05, 0) is 74.6 Å². The van der Waals surface area contributed by atoms with Gasteiger partial charge in [0.1, 0.15) is 59.0 Å². The largest absolute Gasteiger partial charge is 0.698 e. The van der Waals surface area contributed by atoms with E-state index in [-0.39, 0.29) is 25.3 Å². The Kier molecular flexibility index (Phi) is 11.5. The fourth-order valence-corrected chi connectivity index (χ4v) is 7.95. The van der Waals surface area contributed by atoms with Crippen molar-refractivity contribution in [1.82, 2.24) is 19.9 Å². The molecule has 4 N–H and O–H groups in total. The van der Waals surface area contributed by atoms with E-state index in [2.05, 4.69) is 29.7 Å². The summed E-state index contributed by atoms with van der Waals surface area (Å²) in [7, 11) is 0.952. The molecule has 2 unspecified atom stereocenters. The second-order valence-corrected chi connectivity index (χ2v) is 13.5. The van der Waals surface area contributed by atoms with Crippen molar-refractivity contribution in [1.29, 1.82) is 0 Å². The number of piperidine rings is 2. The third kappa shape index (κ3) is 7.76. The van der Waals surface area contributed by atoms with E-state index < -0.39 is 8.25 Å². The molecule has 4 aromatic rings. The van der Waals surface area contributed by atoms with Crippen molar-refractivity contribution in [2.75, 3.05) is 63.3 Å². The predicted molar refractivity (Wildman–Crippen MR) is 187 cm³/mol. The fraction of sp³-hybridized carbons (Fsp3) is 0.529. The molecular weight excluding hydrogens is 631 g/mol. The van der Waals surface area contributed by atoms with Gasteiger partial charge in [-0.1, -0.05) is 12.1 Å². The predicted octanol–water partition coefficient (Wildman–Crippen LogP) is 4.85. The van der Waals surface area contributed by atoms with Crippen LogP contribution in [0.3, 0.4) is 0 Å². The Bertz CT molecular complexity index is 1560. The average molecular weight is 678 g/mol. The normalized spacial score (nSPS) is 17.9. The lowest BCUT2D eigenvalue weighted by molar-refractivity contribution is 0.104. The van der Waals surface area contributed by atoms with E-state index >= 15 is 0 Å². The number of para-hydroxylation sites is 2. The van der Waals surface area contributed by atoms with Gasteiger partial charge in [-0.3, -0.25) is 0 Å². The molecular formula is C34H46N8O5P+. The maximum absolute atomic E-state index is 13.0. The molecule has 0 aliphatic carbocycles. The van der Waals surface area contributed by atoms with Crippen LogP contribution < -0.4 is 30.7 Å². The van der Waals surface area contributed by atoms with Gasteiger partial charge < -0.3 is 30.7 Å². The summed E-state index contributed by atoms with van der Waals surface area (Å²) in [5.74, 6) is 4.10. The fourth-order valence-electron chi connectivity index (χ4n) is 7.06. The van der Waals surface area contributed by atoms with Crippen LogP contribution in [0.4, 0.5) is 11.6 Å². The lowest BCUT2D eigenvalue weighted by atomic mass is 9.91. The number of anilines is 2. The minimum Gasteiger partial charge on any atom is -0.494 e. The summed E-state index contributed by atoms with van der Waals surface area (Å²) >= 11 is 0. The molecule has 0 amide bonds. The molecule has 6 rings (SSSR count). The molecule has 13 nitrogen and oxygen atoms in total. The van der Waals surface area contributed by atoms with Crippen LogP contribution in [0.5, 0.6) is 11.5 Å². The summed E-state index contributed by atoms with van der Waals surface area (Å²) in [4.78, 5) is 22.7. The van der Waals surface area contributed by atoms with Gasteiger partial charge in [0.2, 0.25) is 0 Å². The number of aromatic nitrogens is 4. The number of fused-ring (bicyclic) bond motifs is 2. The average Bonchev–Trinajstić information content (AvgIpc) is 3.13. The number of ether oxygens (including phenoxy) is 2. The first-order valence-electron chi connectivity index (χ1n) is 16.8. The van der Waals surface area contributed by atoms with Gasteiger partial charge in [-0.15, -0.1) is 9.05 Å². The Hall–Kier alpha value is -3.74. The first-order chi connectivity index (χ1) is 23.5. The van der Waals surface area contributed by atoms with Crippen LogP contribution in [0, 0.1) is 11.8 Å². The van der Waals surface area contributed by atoms with Gasteiger partial charge in [0.15, 0.2) is 0 Å². The molecule has 2 aromatic carbocycles. The standard InChI is InChI=1S/C34H46N8O5P/c1-44-29-7-3-5-27-31(29)37-21-39-33(27)41-13-9-23(10-14-41)17-25(19-35)46-48(43)47-26(20-36)18-24-11-15-42(16-12-24)34-28-6-4-8-30(45-2)32(28)38-22-40-34/h3-8,21-26H,9-20,35-36H2,1-2H3/q+1. The minimum absolute atomic E-state index is 0.274. The monoisotopic (exact) mass is 677 g/mol. The number of hydrogen-bond acceptors (Lipinski definition) is 13. The maximum atomic E-state index is 13.0. The van der Waals surface area contributed by atoms with Crippen molar-refractivity contribution in [2.24, 2.45) is 23.3 Å². The lowest BCUT2D eigenvalue weighted by Crippen LogP contribution is -2.37. The van der Waals surface area contributed by atoms with Crippen LogP contribution in [0.15, 0.2) is 49.1 Å². The summed E-state index contributed by atoms with van der Waals surface area (Å²) in [6, 6.07) is 11.8. The highest BCUT2D eigenvalue weighted by Gasteiger charge is 2.35. The summed E-state index contributed by atoms with van der Waals surface area (Å²) in [6.07, 6.45) is 7.76. The van der Waals surface area contributed by atoms with E-state index in [0.717, 1.165) is 110 Å². The Balaban J connectivity index is 0.961. The molecule has 2 aliphatic rings. The van der Waals surface area contributed by atoms with Gasteiger partial charge in [0.05, 0.1) is 14.2 Å². The second kappa shape index (κ2) is 16.1. The zero-order valence-electron chi connectivity index (χ0n) is 27.7. The molecule has 0 saturated carbocycles. The van der Waals surface area contributed by atoms with Gasteiger partial charge in [-0.2, -0.15) is 0 Å². The number of rotatable bonds is 14. The van der Waals surface area contributed by atoms with E-state index in [0.29, 0.717) is 11.8 Å². The molecule has 0 radical (unpaired) electrons. The molecule has 0 bridgehead atoms. The first kappa shape index (κ1) is 34.1. The third-order valence-corrected chi connectivity index (χ3v) is 10.6. The smallest absolute Gasteiger partial charge is 0.494 e. The van der Waals surface area contributed by atoms with Crippen LogP contribution in [0.1, 0.15) is 38.5 Å². The summed E-state index contributed by atoms with van der Waals surface area (Å²) in [5, 5.41) is 1.96. The van der Waals surface area contributed by atoms with Gasteiger partial charge >= 0.3 is 8.25 Å². The quantitative estimate of drug-likeness (QED) is 0.174. The molecule has 0 spiro atoms. The van der Waals surface area contributed by atoms with Crippen LogP contribution in [-0.2, 0) is 13.6 Å². The van der Waals surface area contributed by atoms with Gasteiger partial charge in [-0.25, -0.2) is 19.9 Å². The molecule has 2 saturated heterocycles. The van der Waals surface area contributed by atoms with Gasteiger partial charge in [0.25, 0.3) is 0 Å². The van der Waals surface area contributed by atoms with E-state index in [1.807, 2.05) is 36.4 Å². The second-order valence-electron chi connectivity index (χ2n) is 12.6. The Labute approximate surface area is 282 Å². The maximum Gasteiger partial charge on any atom is 0.698 e. The van der Waals surface area contributed by atoms with Crippen LogP contribution in [0.2, 0.25) is 0 Å². The molecule has 2 aliphatic heterocycles. The molecule has 256 valence electrons. The Morgan fingerprint density at radius 3 is 1.50 bits per heavy atom. The molecule has 4 heterocycles. The highest BCUT2D eigenvalue weighted by atomic mass is 31.1. The lowest BCUT2D eigenvalue weighted by Gasteiger charge is -2.34. The van der Waals surface area contributed by atoms with Crippen molar-refractivity contribution < 1.29 is 23.1 Å². The molecule has 2 fully saturated rings. The Morgan fingerprint density at radius 2 is 1.12 bits per heavy atom. The highest BCUT2D eigenvalue weighted by molar-refractivity contribution is 7.33. The SMILES string of the molecule is COc1cccc2c(N3CCC(CC(CN)O[P+](=O)OC(CN)CC4CCN(c5ncnc6c(OC)cccc56)CC4)CC3)ncnc12. The Morgan fingerprint density at radius 1 is 0.708 bits per heavy atom. The van der Waals surface area contributed by atoms with Crippen molar-refractivity contribution in [3.05, 3.63) is 49.1 Å². The van der Waals surface area contributed by atoms with Crippen molar-refractivity contribution in [3.8, 4) is 11.5 Å². The third-order valence-electron chi connectivity index (χ3n) is 9.67. The van der Waals surface area contributed by atoms with E-state index in [1.54, 1.807) is 26.9 Å². The van der Waals surface area contributed by atoms with E-state index in [4.69, 9.17) is 30.0 Å². The zero-order chi connectivity index (χ0) is 33.5. The number of nitrogens with two attached hydrogens (primary N) is 2. The van der Waals surface area contributed by atoms with Gasteiger partial charge in [0, 0.05) is 54.6 Å². The van der Waals surface area contributed by atoms with Crippen molar-refractivity contribution in [3.63, 3.8) is 0 Å². The van der Waals surface area contributed by atoms with Crippen LogP contribution in [-0.4, -0.2) is 85.6 Å². The van der Waals surface area contributed by atoms with Crippen LogP contribution in [0.25, 0.3) is 21.8 Å². The first-order valence-corrected chi connectivity index (χ1v) is 17.9. The number of hydrogen-bond donors (Lipinski definition) is 2. The van der Waals surface area contributed by atoms with E-state index in [1.165, 1.54) is 0 Å². The molecule has 14 heteroatoms. The van der Waals surface area contributed by atoms with Crippen LogP contribution >= 0.6 is 8.25 Å². The zero-order valence-corrected chi connectivity index (χ0v) is 28.6. The van der Waals surface area contributed by atoms with E-state index in [9.17, 15) is 4.57 Å². The summed E-state index contributed by atoms with van der Waals surface area (Å²) in [6.45, 7) is 3.95. The highest BCUT2D eigenvalue weighted by Crippen LogP contribution is 2.37. The molecule has 48 heavy (non-hydrogen) atoms.